The summed E-state index contributed by atoms with van der Waals surface area (Å²) in [5.41, 5.74) is 0.758. The van der Waals surface area contributed by atoms with E-state index in [0.29, 0.717) is 12.0 Å². The van der Waals surface area contributed by atoms with Gasteiger partial charge in [-0.2, -0.15) is 0 Å². The van der Waals surface area contributed by atoms with Gasteiger partial charge in [0.05, 0.1) is 5.56 Å². The molecule has 4 heteroatoms. The molecule has 1 N–H and O–H groups in total. The van der Waals surface area contributed by atoms with Gasteiger partial charge in [-0.05, 0) is 18.9 Å². The van der Waals surface area contributed by atoms with Gasteiger partial charge in [-0.25, -0.2) is 4.79 Å². The van der Waals surface area contributed by atoms with Crippen LogP contribution in [0, 0.1) is 0 Å². The summed E-state index contributed by atoms with van der Waals surface area (Å²) in [7, 11) is 0. The Morgan fingerprint density at radius 1 is 1.33 bits per heavy atom. The fourth-order valence-electron chi connectivity index (χ4n) is 1.84. The first kappa shape index (κ1) is 14.2. The van der Waals surface area contributed by atoms with Crippen molar-refractivity contribution in [1.29, 1.82) is 0 Å². The van der Waals surface area contributed by atoms with E-state index in [9.17, 15) is 9.59 Å². The summed E-state index contributed by atoms with van der Waals surface area (Å²) < 4.78 is 5.23. The van der Waals surface area contributed by atoms with E-state index in [-0.39, 0.29) is 5.56 Å². The van der Waals surface area contributed by atoms with E-state index in [1.165, 1.54) is 13.0 Å². The molecule has 0 bridgehead atoms. The van der Waals surface area contributed by atoms with Crippen LogP contribution in [-0.2, 0) is 9.53 Å². The second-order valence-corrected chi connectivity index (χ2v) is 4.13. The highest BCUT2D eigenvalue weighted by Crippen LogP contribution is 2.26. The molecule has 0 fully saturated rings. The van der Waals surface area contributed by atoms with E-state index in [0.717, 1.165) is 12.8 Å². The van der Waals surface area contributed by atoms with Crippen molar-refractivity contribution >= 4 is 11.9 Å². The molecule has 98 valence electrons. The van der Waals surface area contributed by atoms with Crippen molar-refractivity contribution in [3.05, 3.63) is 35.4 Å². The highest BCUT2D eigenvalue weighted by molar-refractivity contribution is 5.89. The van der Waals surface area contributed by atoms with E-state index >= 15 is 0 Å². The molecule has 1 aromatic rings. The Labute approximate surface area is 107 Å². The first-order chi connectivity index (χ1) is 8.56. The van der Waals surface area contributed by atoms with E-state index < -0.39 is 18.0 Å². The van der Waals surface area contributed by atoms with Gasteiger partial charge >= 0.3 is 11.9 Å². The SMILES string of the molecule is CCCC[C@H](OC(C)=O)c1ccccc1C(=O)O. The fraction of sp³-hybridized carbons (Fsp3) is 0.429. The fourth-order valence-corrected chi connectivity index (χ4v) is 1.84. The van der Waals surface area contributed by atoms with Crippen molar-refractivity contribution in [2.24, 2.45) is 0 Å². The monoisotopic (exact) mass is 250 g/mol. The highest BCUT2D eigenvalue weighted by atomic mass is 16.5. The summed E-state index contributed by atoms with van der Waals surface area (Å²) in [6.07, 6.45) is 2.01. The van der Waals surface area contributed by atoms with Crippen LogP contribution in [0.15, 0.2) is 24.3 Å². The van der Waals surface area contributed by atoms with Gasteiger partial charge in [0, 0.05) is 12.5 Å². The molecule has 0 saturated carbocycles. The summed E-state index contributed by atoms with van der Waals surface area (Å²) >= 11 is 0. The Morgan fingerprint density at radius 2 is 2.00 bits per heavy atom. The van der Waals surface area contributed by atoms with Crippen LogP contribution in [-0.4, -0.2) is 17.0 Å². The number of esters is 1. The van der Waals surface area contributed by atoms with Gasteiger partial charge in [0.1, 0.15) is 6.10 Å². The molecule has 0 saturated heterocycles. The summed E-state index contributed by atoms with van der Waals surface area (Å²) in [5, 5.41) is 9.13. The highest BCUT2D eigenvalue weighted by Gasteiger charge is 2.20. The number of hydrogen-bond donors (Lipinski definition) is 1. The molecule has 0 aliphatic rings. The summed E-state index contributed by atoms with van der Waals surface area (Å²) in [4.78, 5) is 22.2. The van der Waals surface area contributed by atoms with Crippen LogP contribution in [0.5, 0.6) is 0 Å². The Kier molecular flexibility index (Phi) is 5.36. The van der Waals surface area contributed by atoms with Crippen molar-refractivity contribution in [1.82, 2.24) is 0 Å². The number of carbonyl (C=O) groups excluding carboxylic acids is 1. The second kappa shape index (κ2) is 6.79. The lowest BCUT2D eigenvalue weighted by Gasteiger charge is -2.18. The molecule has 0 radical (unpaired) electrons. The molecule has 4 nitrogen and oxygen atoms in total. The molecule has 1 rings (SSSR count). The molecule has 0 aliphatic carbocycles. The number of carbonyl (C=O) groups is 2. The number of benzene rings is 1. The van der Waals surface area contributed by atoms with Crippen molar-refractivity contribution in [2.75, 3.05) is 0 Å². The average Bonchev–Trinajstić information content (AvgIpc) is 2.34. The lowest BCUT2D eigenvalue weighted by Crippen LogP contribution is -2.13. The van der Waals surface area contributed by atoms with Gasteiger partial charge in [-0.1, -0.05) is 31.5 Å². The van der Waals surface area contributed by atoms with Gasteiger partial charge in [0.25, 0.3) is 0 Å². The molecule has 0 unspecified atom stereocenters. The summed E-state index contributed by atoms with van der Waals surface area (Å²) in [6.45, 7) is 3.37. The number of carboxylic acids is 1. The van der Waals surface area contributed by atoms with Gasteiger partial charge < -0.3 is 9.84 Å². The molecular formula is C14H18O4. The van der Waals surface area contributed by atoms with Crippen LogP contribution in [0.25, 0.3) is 0 Å². The molecule has 0 amide bonds. The van der Waals surface area contributed by atoms with Crippen LogP contribution in [0.1, 0.15) is 55.1 Å². The maximum absolute atomic E-state index is 11.1. The molecule has 0 heterocycles. The number of carboxylic acid groups (broad SMARTS) is 1. The number of ether oxygens (including phenoxy) is 1. The molecule has 0 aliphatic heterocycles. The molecule has 0 aromatic heterocycles. The molecule has 18 heavy (non-hydrogen) atoms. The quantitative estimate of drug-likeness (QED) is 0.787. The number of rotatable bonds is 6. The predicted molar refractivity (Wildman–Crippen MR) is 67.4 cm³/mol. The van der Waals surface area contributed by atoms with Crippen molar-refractivity contribution in [2.45, 2.75) is 39.2 Å². The lowest BCUT2D eigenvalue weighted by molar-refractivity contribution is -0.147. The number of unbranched alkanes of at least 4 members (excludes halogenated alkanes) is 1. The third-order valence-electron chi connectivity index (χ3n) is 2.67. The zero-order valence-electron chi connectivity index (χ0n) is 10.7. The van der Waals surface area contributed by atoms with Gasteiger partial charge in [-0.3, -0.25) is 4.79 Å². The third-order valence-corrected chi connectivity index (χ3v) is 2.67. The largest absolute Gasteiger partial charge is 0.478 e. The number of aromatic carboxylic acids is 1. The molecular weight excluding hydrogens is 232 g/mol. The predicted octanol–water partition coefficient (Wildman–Crippen LogP) is 3.18. The van der Waals surface area contributed by atoms with Crippen LogP contribution >= 0.6 is 0 Å². The van der Waals surface area contributed by atoms with Crippen molar-refractivity contribution in [3.63, 3.8) is 0 Å². The average molecular weight is 250 g/mol. The molecule has 1 atom stereocenters. The van der Waals surface area contributed by atoms with Crippen molar-refractivity contribution in [3.8, 4) is 0 Å². The molecule has 1 aromatic carbocycles. The number of hydrogen-bond acceptors (Lipinski definition) is 3. The van der Waals surface area contributed by atoms with Crippen LogP contribution in [0.4, 0.5) is 0 Å². The first-order valence-electron chi connectivity index (χ1n) is 6.05. The first-order valence-corrected chi connectivity index (χ1v) is 6.05. The smallest absolute Gasteiger partial charge is 0.336 e. The van der Waals surface area contributed by atoms with Crippen LogP contribution in [0.2, 0.25) is 0 Å². The standard InChI is InChI=1S/C14H18O4/c1-3-4-9-13(18-10(2)15)11-7-5-6-8-12(11)14(16)17/h5-8,13H,3-4,9H2,1-2H3,(H,16,17)/t13-/m0/s1. The Morgan fingerprint density at radius 3 is 2.56 bits per heavy atom. The minimum atomic E-state index is -1.00. The minimum absolute atomic E-state index is 0.194. The van der Waals surface area contributed by atoms with Gasteiger partial charge in [0.2, 0.25) is 0 Å². The normalized spacial score (nSPS) is 11.9. The van der Waals surface area contributed by atoms with Gasteiger partial charge in [0.15, 0.2) is 0 Å². The lowest BCUT2D eigenvalue weighted by atomic mass is 9.98. The maximum atomic E-state index is 11.1. The maximum Gasteiger partial charge on any atom is 0.336 e. The van der Waals surface area contributed by atoms with E-state index in [2.05, 4.69) is 0 Å². The van der Waals surface area contributed by atoms with E-state index in [1.807, 2.05) is 6.92 Å². The second-order valence-electron chi connectivity index (χ2n) is 4.13. The van der Waals surface area contributed by atoms with Crippen LogP contribution in [0.3, 0.4) is 0 Å². The Hall–Kier alpha value is -1.84. The summed E-state index contributed by atoms with van der Waals surface area (Å²) in [6, 6.07) is 6.65. The zero-order valence-corrected chi connectivity index (χ0v) is 10.7. The Balaban J connectivity index is 3.03. The Bertz CT molecular complexity index is 426. The zero-order chi connectivity index (χ0) is 13.5. The third kappa shape index (κ3) is 3.87. The van der Waals surface area contributed by atoms with Crippen LogP contribution < -0.4 is 0 Å². The molecule has 0 spiro atoms. The van der Waals surface area contributed by atoms with Crippen molar-refractivity contribution < 1.29 is 19.4 Å². The topological polar surface area (TPSA) is 63.6 Å². The summed E-state index contributed by atoms with van der Waals surface area (Å²) in [5.74, 6) is -1.39. The van der Waals surface area contributed by atoms with Gasteiger partial charge in [-0.15, -0.1) is 0 Å². The minimum Gasteiger partial charge on any atom is -0.478 e. The van der Waals surface area contributed by atoms with E-state index in [1.54, 1.807) is 18.2 Å². The van der Waals surface area contributed by atoms with E-state index in [4.69, 9.17) is 9.84 Å².